The number of amides is 1. The maximum atomic E-state index is 12.6. The largest absolute Gasteiger partial charge is 0.379 e. The molecular formula is C29H33N7O3. The van der Waals surface area contributed by atoms with Crippen LogP contribution in [0.5, 0.6) is 0 Å². The molecule has 1 amide bonds. The predicted molar refractivity (Wildman–Crippen MR) is 151 cm³/mol. The third kappa shape index (κ3) is 6.03. The molecule has 2 aromatic heterocycles. The molecule has 2 aliphatic heterocycles. The summed E-state index contributed by atoms with van der Waals surface area (Å²) in [5.41, 5.74) is 5.53. The first kappa shape index (κ1) is 25.3. The lowest BCUT2D eigenvalue weighted by molar-refractivity contribution is 0.0383. The quantitative estimate of drug-likeness (QED) is 0.361. The summed E-state index contributed by atoms with van der Waals surface area (Å²) in [6.45, 7) is 8.13. The highest BCUT2D eigenvalue weighted by molar-refractivity contribution is 5.94. The number of anilines is 3. The van der Waals surface area contributed by atoms with Crippen LogP contribution in [-0.4, -0.2) is 91.1 Å². The summed E-state index contributed by atoms with van der Waals surface area (Å²) in [5, 5.41) is 11.1. The minimum atomic E-state index is -0.0664. The number of nitrogens with zero attached hydrogens (tertiary/aromatic N) is 5. The Kier molecular flexibility index (Phi) is 7.66. The third-order valence-electron chi connectivity index (χ3n) is 7.16. The number of fused-ring (bicyclic) bond motifs is 1. The van der Waals surface area contributed by atoms with Gasteiger partial charge >= 0.3 is 0 Å². The van der Waals surface area contributed by atoms with Crippen molar-refractivity contribution in [1.82, 2.24) is 24.8 Å². The van der Waals surface area contributed by atoms with E-state index in [2.05, 4.69) is 37.6 Å². The predicted octanol–water partition coefficient (Wildman–Crippen LogP) is 3.04. The van der Waals surface area contributed by atoms with Gasteiger partial charge in [-0.05, 0) is 48.5 Å². The lowest BCUT2D eigenvalue weighted by atomic mass is 10.1. The topological polar surface area (TPSA) is 96.3 Å². The van der Waals surface area contributed by atoms with E-state index < -0.39 is 0 Å². The van der Waals surface area contributed by atoms with Gasteiger partial charge in [0.25, 0.3) is 5.91 Å². The lowest BCUT2D eigenvalue weighted by Gasteiger charge is -2.28. The van der Waals surface area contributed by atoms with Gasteiger partial charge in [0.15, 0.2) is 0 Å². The van der Waals surface area contributed by atoms with Gasteiger partial charge in [-0.3, -0.25) is 9.69 Å². The first-order valence-corrected chi connectivity index (χ1v) is 13.5. The van der Waals surface area contributed by atoms with Gasteiger partial charge in [-0.25, -0.2) is 9.50 Å². The minimum Gasteiger partial charge on any atom is -0.379 e. The molecule has 2 aliphatic rings. The third-order valence-corrected chi connectivity index (χ3v) is 7.16. The Balaban J connectivity index is 1.10. The van der Waals surface area contributed by atoms with E-state index in [4.69, 9.17) is 14.6 Å². The van der Waals surface area contributed by atoms with E-state index in [1.54, 1.807) is 6.20 Å². The van der Waals surface area contributed by atoms with Gasteiger partial charge < -0.3 is 25.0 Å². The minimum absolute atomic E-state index is 0.0664. The average molecular weight is 528 g/mol. The molecule has 0 atom stereocenters. The van der Waals surface area contributed by atoms with Crippen molar-refractivity contribution in [3.8, 4) is 11.3 Å². The van der Waals surface area contributed by atoms with Crippen LogP contribution in [0.4, 0.5) is 17.3 Å². The highest BCUT2D eigenvalue weighted by atomic mass is 16.5. The second kappa shape index (κ2) is 11.8. The van der Waals surface area contributed by atoms with Crippen molar-refractivity contribution in [1.29, 1.82) is 0 Å². The Morgan fingerprint density at radius 3 is 2.31 bits per heavy atom. The maximum absolute atomic E-state index is 12.6. The van der Waals surface area contributed by atoms with E-state index in [0.29, 0.717) is 18.1 Å². The molecule has 0 spiro atoms. The van der Waals surface area contributed by atoms with Crippen molar-refractivity contribution in [3.63, 3.8) is 0 Å². The van der Waals surface area contributed by atoms with Gasteiger partial charge in [0.2, 0.25) is 5.95 Å². The molecule has 10 nitrogen and oxygen atoms in total. The zero-order valence-corrected chi connectivity index (χ0v) is 21.9. The molecule has 2 fully saturated rings. The van der Waals surface area contributed by atoms with Gasteiger partial charge in [0.1, 0.15) is 0 Å². The fraction of sp³-hybridized carbons (Fsp3) is 0.345. The number of nitrogens with one attached hydrogen (secondary N) is 2. The van der Waals surface area contributed by atoms with Gasteiger partial charge in [0, 0.05) is 61.8 Å². The van der Waals surface area contributed by atoms with Crippen molar-refractivity contribution < 1.29 is 14.3 Å². The summed E-state index contributed by atoms with van der Waals surface area (Å²) in [6, 6.07) is 19.9. The Hall–Kier alpha value is -3.99. The molecule has 2 saturated heterocycles. The normalized spacial score (nSPS) is 16.4. The van der Waals surface area contributed by atoms with Crippen molar-refractivity contribution in [2.45, 2.75) is 0 Å². The molecule has 10 heteroatoms. The molecule has 4 aromatic rings. The van der Waals surface area contributed by atoms with E-state index in [0.717, 1.165) is 81.6 Å². The van der Waals surface area contributed by atoms with Crippen LogP contribution in [0.25, 0.3) is 16.8 Å². The van der Waals surface area contributed by atoms with E-state index in [9.17, 15) is 4.79 Å². The molecule has 6 rings (SSSR count). The van der Waals surface area contributed by atoms with Gasteiger partial charge in [-0.2, -0.15) is 0 Å². The molecule has 2 aromatic carbocycles. The fourth-order valence-corrected chi connectivity index (χ4v) is 4.93. The highest BCUT2D eigenvalue weighted by Crippen LogP contribution is 2.24. The summed E-state index contributed by atoms with van der Waals surface area (Å²) >= 11 is 0. The van der Waals surface area contributed by atoms with Crippen LogP contribution in [0.3, 0.4) is 0 Å². The average Bonchev–Trinajstić information content (AvgIpc) is 3.42. The summed E-state index contributed by atoms with van der Waals surface area (Å²) in [6.07, 6.45) is 1.80. The van der Waals surface area contributed by atoms with Crippen LogP contribution in [0, 0.1) is 0 Å². The first-order valence-electron chi connectivity index (χ1n) is 13.5. The van der Waals surface area contributed by atoms with E-state index in [1.807, 2.05) is 53.0 Å². The zero-order valence-electron chi connectivity index (χ0n) is 21.9. The number of morpholine rings is 2. The standard InChI is InChI=1S/C29H33N7O3/c37-28(30-11-12-34-13-17-38-18-14-34)23-3-1-22(2-4-23)27-10-9-26-21-31-29(33-36(26)27)32-24-5-7-25(8-6-24)35-15-19-39-20-16-35/h1-10,21H,11-20H2,(H,30,37)(H,32,33). The van der Waals surface area contributed by atoms with Crippen molar-refractivity contribution in [3.05, 3.63) is 72.4 Å². The molecule has 4 heterocycles. The van der Waals surface area contributed by atoms with Gasteiger partial charge in [-0.15, -0.1) is 5.10 Å². The van der Waals surface area contributed by atoms with E-state index in [-0.39, 0.29) is 5.91 Å². The second-order valence-corrected chi connectivity index (χ2v) is 9.70. The summed E-state index contributed by atoms with van der Waals surface area (Å²) in [7, 11) is 0. The molecule has 202 valence electrons. The molecule has 2 N–H and O–H groups in total. The van der Waals surface area contributed by atoms with Crippen LogP contribution < -0.4 is 15.5 Å². The number of hydrogen-bond donors (Lipinski definition) is 2. The van der Waals surface area contributed by atoms with E-state index >= 15 is 0 Å². The van der Waals surface area contributed by atoms with Crippen molar-refractivity contribution in [2.24, 2.45) is 0 Å². The Labute approximate surface area is 227 Å². The summed E-state index contributed by atoms with van der Waals surface area (Å²) < 4.78 is 12.7. The molecule has 0 bridgehead atoms. The first-order chi connectivity index (χ1) is 19.2. The number of carbonyl (C=O) groups is 1. The summed E-state index contributed by atoms with van der Waals surface area (Å²) in [5.74, 6) is 0.443. The van der Waals surface area contributed by atoms with Gasteiger partial charge in [0.05, 0.1) is 43.8 Å². The van der Waals surface area contributed by atoms with Crippen LogP contribution in [0.15, 0.2) is 66.9 Å². The molecule has 0 aliphatic carbocycles. The highest BCUT2D eigenvalue weighted by Gasteiger charge is 2.13. The summed E-state index contributed by atoms with van der Waals surface area (Å²) in [4.78, 5) is 21.7. The molecule has 39 heavy (non-hydrogen) atoms. The monoisotopic (exact) mass is 527 g/mol. The SMILES string of the molecule is O=C(NCCN1CCOCC1)c1ccc(-c2ccc3cnc(Nc4ccc(N5CCOCC5)cc4)nn23)cc1. The van der Waals surface area contributed by atoms with Crippen LogP contribution in [-0.2, 0) is 9.47 Å². The molecule has 0 saturated carbocycles. The number of carbonyl (C=O) groups excluding carboxylic acids is 1. The number of ether oxygens (including phenoxy) is 2. The maximum Gasteiger partial charge on any atom is 0.251 e. The van der Waals surface area contributed by atoms with Gasteiger partial charge in [-0.1, -0.05) is 12.1 Å². The number of benzene rings is 2. The Morgan fingerprint density at radius 2 is 1.56 bits per heavy atom. The lowest BCUT2D eigenvalue weighted by Crippen LogP contribution is -2.41. The van der Waals surface area contributed by atoms with E-state index in [1.165, 1.54) is 5.69 Å². The molecule has 0 unspecified atom stereocenters. The number of rotatable bonds is 8. The number of hydrogen-bond acceptors (Lipinski definition) is 8. The smallest absolute Gasteiger partial charge is 0.251 e. The van der Waals surface area contributed by atoms with Crippen molar-refractivity contribution >= 4 is 28.7 Å². The zero-order chi connectivity index (χ0) is 26.4. The fourth-order valence-electron chi connectivity index (χ4n) is 4.93. The van der Waals surface area contributed by atoms with Crippen LogP contribution in [0.1, 0.15) is 10.4 Å². The van der Waals surface area contributed by atoms with Crippen LogP contribution >= 0.6 is 0 Å². The Morgan fingerprint density at radius 1 is 0.846 bits per heavy atom. The molecule has 0 radical (unpaired) electrons. The molecular weight excluding hydrogens is 494 g/mol. The number of aromatic nitrogens is 3. The second-order valence-electron chi connectivity index (χ2n) is 9.70. The van der Waals surface area contributed by atoms with Crippen molar-refractivity contribution in [2.75, 3.05) is 75.9 Å². The van der Waals surface area contributed by atoms with Crippen LogP contribution in [0.2, 0.25) is 0 Å². The Bertz CT molecular complexity index is 1390.